The molecule has 2 nitrogen and oxygen atoms in total. The van der Waals surface area contributed by atoms with E-state index in [1.54, 1.807) is 0 Å². The quantitative estimate of drug-likeness (QED) is 0.733. The molecule has 0 aromatic carbocycles. The molecule has 0 aliphatic heterocycles. The van der Waals surface area contributed by atoms with E-state index >= 15 is 0 Å². The molecule has 0 saturated heterocycles. The molecular weight excluding hydrogens is 284 g/mol. The molecule has 0 bridgehead atoms. The molecule has 2 N–H and O–H groups in total. The van der Waals surface area contributed by atoms with Gasteiger partial charge in [-0.05, 0) is 0 Å². The molecule has 0 heterocycles. The van der Waals surface area contributed by atoms with E-state index in [0.717, 1.165) is 6.54 Å². The zero-order chi connectivity index (χ0) is 4.83. The van der Waals surface area contributed by atoms with E-state index in [9.17, 15) is 0 Å². The van der Waals surface area contributed by atoms with Crippen molar-refractivity contribution in [2.24, 2.45) is 9.07 Å². The molecule has 0 aromatic heterocycles. The Labute approximate surface area is 50.1 Å². The van der Waals surface area contributed by atoms with Gasteiger partial charge in [-0.25, -0.2) is 0 Å². The molecule has 0 aliphatic rings. The third-order valence-electron chi connectivity index (χ3n) is 0.233. The monoisotopic (exact) mass is 290 g/mol. The molecule has 0 aliphatic carbocycles. The Bertz CT molecular complexity index is 46.8. The van der Waals surface area contributed by atoms with Crippen LogP contribution in [0.25, 0.3) is 0 Å². The summed E-state index contributed by atoms with van der Waals surface area (Å²) in [5.74, 6) is 0. The average Bonchev–Trinajstić information content (AvgIpc) is 1.61. The van der Waals surface area contributed by atoms with Crippen LogP contribution in [0, 0.1) is 0 Å². The molecule has 4 heteroatoms. The van der Waals surface area contributed by atoms with Crippen LogP contribution in [0.2, 0.25) is 0 Å². The summed E-state index contributed by atoms with van der Waals surface area (Å²) in [7, 11) is 5.26. The fraction of sp³-hybridized carbons (Fsp3) is 1.00. The average molecular weight is 291 g/mol. The van der Waals surface area contributed by atoms with Crippen molar-refractivity contribution in [1.82, 2.24) is 0 Å². The van der Waals surface area contributed by atoms with Gasteiger partial charge in [0.15, 0.2) is 0 Å². The Morgan fingerprint density at radius 3 is 2.67 bits per heavy atom. The molecule has 42 valence electrons. The van der Waals surface area contributed by atoms with E-state index in [-0.39, 0.29) is 18.5 Å². The van der Waals surface area contributed by atoms with Crippen molar-refractivity contribution in [2.75, 3.05) is 13.1 Å². The Morgan fingerprint density at radius 2 is 2.50 bits per heavy atom. The molecule has 0 saturated carbocycles. The van der Waals surface area contributed by atoms with Crippen molar-refractivity contribution in [2.45, 2.75) is 0 Å². The third kappa shape index (κ3) is 4.79. The Morgan fingerprint density at radius 1 is 1.83 bits per heavy atom. The molecule has 6 heavy (non-hydrogen) atoms. The maximum absolute atomic E-state index is 5.26. The number of rotatable bonds is 2. The van der Waals surface area contributed by atoms with Crippen molar-refractivity contribution in [3.8, 4) is 0 Å². The molecule has 0 unspecified atom stereocenters. The second kappa shape index (κ2) is 5.79. The van der Waals surface area contributed by atoms with Crippen LogP contribution < -0.4 is 5.73 Å². The summed E-state index contributed by atoms with van der Waals surface area (Å²) in [6.45, 7) is 1.36. The molecule has 0 amide bonds. The van der Waals surface area contributed by atoms with Crippen molar-refractivity contribution in [3.63, 3.8) is 0 Å². The second-order valence-corrected chi connectivity index (χ2v) is 2.54. The number of nitrogens with zero attached hydrogens (tertiary/aromatic N) is 1. The van der Waals surface area contributed by atoms with Crippen LogP contribution in [0.5, 0.6) is 0 Å². The number of hydrogen-bond donors (Lipinski definition) is 1. The van der Waals surface area contributed by atoms with Crippen LogP contribution in [0.3, 0.4) is 0 Å². The minimum absolute atomic E-state index is 0.294. The standard InChI is InChI=1S/C2H6N2.Au.ClH/c3-1-2-4;;/h1-3H2;;1H/q;+1;/p-1. The van der Waals surface area contributed by atoms with Crippen molar-refractivity contribution >= 4 is 9.19 Å². The van der Waals surface area contributed by atoms with Gasteiger partial charge in [-0.15, -0.1) is 0 Å². The molecule has 0 atom stereocenters. The summed E-state index contributed by atoms with van der Waals surface area (Å²) in [5.41, 5.74) is 5.08. The van der Waals surface area contributed by atoms with Crippen molar-refractivity contribution < 1.29 is 18.5 Å². The fourth-order valence-corrected chi connectivity index (χ4v) is 0.944. The van der Waals surface area contributed by atoms with Gasteiger partial charge in [-0.2, -0.15) is 0 Å². The first kappa shape index (κ1) is 6.79. The molecule has 0 rings (SSSR count). The molecule has 0 radical (unpaired) electrons. The first-order valence-corrected chi connectivity index (χ1v) is 5.13. The van der Waals surface area contributed by atoms with Gasteiger partial charge in [0.05, 0.1) is 0 Å². The number of halogens is 1. The second-order valence-electron chi connectivity index (χ2n) is 0.659. The van der Waals surface area contributed by atoms with Crippen LogP contribution >= 0.6 is 9.19 Å². The Hall–Kier alpha value is 0.790. The van der Waals surface area contributed by atoms with E-state index in [1.807, 2.05) is 0 Å². The number of hydrogen-bond acceptors (Lipinski definition) is 2. The summed E-state index contributed by atoms with van der Waals surface area (Å²) >= 11 is -0.294. The topological polar surface area (TPSA) is 38.4 Å². The Kier molecular flexibility index (Phi) is 6.55. The molecule has 0 aromatic rings. The molecule has 0 spiro atoms. The van der Waals surface area contributed by atoms with Gasteiger partial charge in [-0.3, -0.25) is 0 Å². The molecule has 0 fully saturated rings. The Balaban J connectivity index is 2.66. The van der Waals surface area contributed by atoms with Crippen LogP contribution in [0.1, 0.15) is 0 Å². The van der Waals surface area contributed by atoms with Crippen LogP contribution in [-0.2, 0) is 18.5 Å². The van der Waals surface area contributed by atoms with Crippen LogP contribution in [-0.4, -0.2) is 13.1 Å². The summed E-state index contributed by atoms with van der Waals surface area (Å²) in [6, 6.07) is 0. The fourth-order valence-electron chi connectivity index (χ4n) is 0.0644. The zero-order valence-electron chi connectivity index (χ0n) is 3.12. The predicted molar refractivity (Wildman–Crippen MR) is 22.2 cm³/mol. The van der Waals surface area contributed by atoms with E-state index in [4.69, 9.17) is 14.9 Å². The SMILES string of the molecule is NCC[N]=[Au][Cl]. The normalized spacial score (nSPS) is 13.0. The van der Waals surface area contributed by atoms with Crippen LogP contribution in [0.15, 0.2) is 3.34 Å². The summed E-state index contributed by atoms with van der Waals surface area (Å²) in [5, 5.41) is 0. The summed E-state index contributed by atoms with van der Waals surface area (Å²) in [6.07, 6.45) is 0. The van der Waals surface area contributed by atoms with Gasteiger partial charge in [0.1, 0.15) is 0 Å². The number of nitrogens with two attached hydrogens (primary N) is 1. The predicted octanol–water partition coefficient (Wildman–Crippen LogP) is 0.365. The van der Waals surface area contributed by atoms with E-state index in [0.29, 0.717) is 6.54 Å². The van der Waals surface area contributed by atoms with Crippen molar-refractivity contribution in [1.29, 1.82) is 0 Å². The van der Waals surface area contributed by atoms with E-state index in [2.05, 4.69) is 3.34 Å². The van der Waals surface area contributed by atoms with Crippen molar-refractivity contribution in [3.05, 3.63) is 0 Å². The minimum atomic E-state index is -0.294. The van der Waals surface area contributed by atoms with E-state index < -0.39 is 0 Å². The van der Waals surface area contributed by atoms with Gasteiger partial charge in [0.2, 0.25) is 0 Å². The first-order chi connectivity index (χ1) is 2.91. The summed E-state index contributed by atoms with van der Waals surface area (Å²) < 4.78 is 3.83. The van der Waals surface area contributed by atoms with Gasteiger partial charge in [0, 0.05) is 0 Å². The van der Waals surface area contributed by atoms with Gasteiger partial charge >= 0.3 is 49.8 Å². The van der Waals surface area contributed by atoms with Gasteiger partial charge in [-0.1, -0.05) is 0 Å². The zero-order valence-corrected chi connectivity index (χ0v) is 6.04. The maximum atomic E-state index is 5.26. The third-order valence-corrected chi connectivity index (χ3v) is 1.57. The first-order valence-electron chi connectivity index (χ1n) is 1.47. The summed E-state index contributed by atoms with van der Waals surface area (Å²) in [4.78, 5) is 0. The van der Waals surface area contributed by atoms with Gasteiger partial charge < -0.3 is 0 Å². The van der Waals surface area contributed by atoms with Crippen LogP contribution in [0.4, 0.5) is 0 Å². The van der Waals surface area contributed by atoms with E-state index in [1.165, 1.54) is 0 Å². The van der Waals surface area contributed by atoms with Gasteiger partial charge in [0.25, 0.3) is 0 Å². The molecular formula is C2H6AuClN2.